The molecule has 1 aromatic rings. The minimum absolute atomic E-state index is 0.201. The molecule has 0 aliphatic heterocycles. The van der Waals surface area contributed by atoms with Crippen LogP contribution in [0.3, 0.4) is 0 Å². The van der Waals surface area contributed by atoms with Gasteiger partial charge in [-0.15, -0.1) is 0 Å². The Bertz CT molecular complexity index is 453. The minimum atomic E-state index is -4.89. The fraction of sp³-hybridized carbons (Fsp3) is 0.300. The predicted molar refractivity (Wildman–Crippen MR) is 54.1 cm³/mol. The number of carbonyl (C=O) groups excluding carboxylic acids is 1. The molecule has 0 radical (unpaired) electrons. The maximum atomic E-state index is 12.6. The van der Waals surface area contributed by atoms with Crippen LogP contribution in [0.25, 0.3) is 0 Å². The molecule has 0 fully saturated rings. The number of carbonyl (C=O) groups is 1. The molecule has 0 aliphatic rings. The van der Waals surface area contributed by atoms with E-state index >= 15 is 0 Å². The molecule has 0 N–H and O–H groups in total. The summed E-state index contributed by atoms with van der Waals surface area (Å²) in [5.74, 6) is -0.590. The van der Waals surface area contributed by atoms with E-state index in [4.69, 9.17) is 0 Å². The number of rotatable bonds is 2. The van der Waals surface area contributed by atoms with Gasteiger partial charge < -0.3 is 0 Å². The highest BCUT2D eigenvalue weighted by molar-refractivity contribution is 9.10. The average molecular weight is 317 g/mol. The number of hydrogen-bond acceptors (Lipinski definition) is 1. The normalized spacial score (nSPS) is 12.0. The largest absolute Gasteiger partial charge is 0.416 e. The topological polar surface area (TPSA) is 17.1 Å². The van der Waals surface area contributed by atoms with Crippen molar-refractivity contribution < 1.29 is 26.7 Å². The molecular weight excluding hydrogens is 311 g/mol. The van der Waals surface area contributed by atoms with Crippen LogP contribution in [-0.4, -0.2) is 5.78 Å². The number of halogens is 6. The molecule has 7 heteroatoms. The zero-order chi connectivity index (χ0) is 13.4. The average Bonchev–Trinajstić information content (AvgIpc) is 2.14. The molecule has 0 heterocycles. The molecule has 0 aromatic heterocycles. The van der Waals surface area contributed by atoms with E-state index in [2.05, 4.69) is 15.9 Å². The Morgan fingerprint density at radius 2 is 1.82 bits per heavy atom. The lowest BCUT2D eigenvalue weighted by Gasteiger charge is -2.15. The SMILES string of the molecule is CC(=O)c1ccc(C(F)(F)F)c(C(F)F)c1Br. The molecule has 1 nitrogen and oxygen atoms in total. The Balaban J connectivity index is 3.57. The van der Waals surface area contributed by atoms with Crippen molar-refractivity contribution in [3.05, 3.63) is 33.3 Å². The number of hydrogen-bond donors (Lipinski definition) is 0. The Labute approximate surface area is 102 Å². The van der Waals surface area contributed by atoms with E-state index < -0.39 is 34.0 Å². The summed E-state index contributed by atoms with van der Waals surface area (Å²) in [5, 5.41) is 0. The maximum Gasteiger partial charge on any atom is 0.416 e. The smallest absolute Gasteiger partial charge is 0.294 e. The molecule has 1 aromatic carbocycles. The van der Waals surface area contributed by atoms with Gasteiger partial charge in [0.2, 0.25) is 0 Å². The quantitative estimate of drug-likeness (QED) is 0.575. The molecule has 94 valence electrons. The highest BCUT2D eigenvalue weighted by Gasteiger charge is 2.37. The Morgan fingerprint density at radius 3 is 2.18 bits per heavy atom. The molecule has 0 spiro atoms. The van der Waals surface area contributed by atoms with E-state index in [1.165, 1.54) is 0 Å². The predicted octanol–water partition coefficient (Wildman–Crippen LogP) is 4.61. The van der Waals surface area contributed by atoms with Crippen LogP contribution in [0.1, 0.15) is 34.8 Å². The van der Waals surface area contributed by atoms with E-state index in [9.17, 15) is 26.7 Å². The van der Waals surface area contributed by atoms with Crippen molar-refractivity contribution in [1.82, 2.24) is 0 Å². The number of alkyl halides is 5. The lowest BCUT2D eigenvalue weighted by Crippen LogP contribution is -2.12. The fourth-order valence-corrected chi connectivity index (χ4v) is 2.12. The van der Waals surface area contributed by atoms with Crippen molar-refractivity contribution in [3.8, 4) is 0 Å². The molecule has 17 heavy (non-hydrogen) atoms. The molecule has 1 rings (SSSR count). The van der Waals surface area contributed by atoms with Gasteiger partial charge in [-0.05, 0) is 35.0 Å². The second-order valence-corrected chi connectivity index (χ2v) is 4.04. The van der Waals surface area contributed by atoms with Gasteiger partial charge >= 0.3 is 6.18 Å². The van der Waals surface area contributed by atoms with Crippen LogP contribution in [0.15, 0.2) is 16.6 Å². The van der Waals surface area contributed by atoms with Crippen LogP contribution in [-0.2, 0) is 6.18 Å². The second kappa shape index (κ2) is 4.72. The second-order valence-electron chi connectivity index (χ2n) is 3.24. The van der Waals surface area contributed by atoms with E-state index in [-0.39, 0.29) is 5.56 Å². The summed E-state index contributed by atoms with van der Waals surface area (Å²) in [4.78, 5) is 11.0. The first-order valence-corrected chi connectivity index (χ1v) is 5.14. The third kappa shape index (κ3) is 2.83. The minimum Gasteiger partial charge on any atom is -0.294 e. The van der Waals surface area contributed by atoms with Crippen LogP contribution >= 0.6 is 15.9 Å². The van der Waals surface area contributed by atoms with Crippen molar-refractivity contribution in [1.29, 1.82) is 0 Å². The van der Waals surface area contributed by atoms with Crippen LogP contribution in [0.4, 0.5) is 22.0 Å². The van der Waals surface area contributed by atoms with Crippen molar-refractivity contribution >= 4 is 21.7 Å². The molecular formula is C10H6BrF5O. The van der Waals surface area contributed by atoms with Gasteiger partial charge in [-0.2, -0.15) is 13.2 Å². The summed E-state index contributed by atoms with van der Waals surface area (Å²) in [6.07, 6.45) is -8.20. The van der Waals surface area contributed by atoms with Gasteiger partial charge in [0.25, 0.3) is 6.43 Å². The first kappa shape index (κ1) is 14.1. The van der Waals surface area contributed by atoms with Gasteiger partial charge in [0.05, 0.1) is 5.56 Å². The summed E-state index contributed by atoms with van der Waals surface area (Å²) >= 11 is 2.62. The van der Waals surface area contributed by atoms with Gasteiger partial charge in [-0.1, -0.05) is 0 Å². The first-order valence-electron chi connectivity index (χ1n) is 4.35. The molecule has 0 bridgehead atoms. The lowest BCUT2D eigenvalue weighted by molar-refractivity contribution is -0.139. The third-order valence-electron chi connectivity index (χ3n) is 2.08. The van der Waals surface area contributed by atoms with Gasteiger partial charge in [0.15, 0.2) is 5.78 Å². The van der Waals surface area contributed by atoms with Crippen LogP contribution in [0.5, 0.6) is 0 Å². The van der Waals surface area contributed by atoms with Gasteiger partial charge in [-0.3, -0.25) is 4.79 Å². The van der Waals surface area contributed by atoms with Gasteiger partial charge in [0.1, 0.15) is 0 Å². The van der Waals surface area contributed by atoms with Gasteiger partial charge in [-0.25, -0.2) is 8.78 Å². The number of benzene rings is 1. The van der Waals surface area contributed by atoms with Crippen molar-refractivity contribution in [2.45, 2.75) is 19.5 Å². The Morgan fingerprint density at radius 1 is 1.29 bits per heavy atom. The summed E-state index contributed by atoms with van der Waals surface area (Å²) in [6, 6.07) is 1.37. The van der Waals surface area contributed by atoms with E-state index in [1.807, 2.05) is 0 Å². The Hall–Kier alpha value is -0.980. The fourth-order valence-electron chi connectivity index (χ4n) is 1.33. The number of ketones is 1. The van der Waals surface area contributed by atoms with Gasteiger partial charge in [0, 0.05) is 15.6 Å². The van der Waals surface area contributed by atoms with Crippen LogP contribution in [0.2, 0.25) is 0 Å². The highest BCUT2D eigenvalue weighted by atomic mass is 79.9. The zero-order valence-corrected chi connectivity index (χ0v) is 9.99. The Kier molecular flexibility index (Phi) is 3.91. The molecule has 0 saturated heterocycles. The van der Waals surface area contributed by atoms with Crippen molar-refractivity contribution in [2.24, 2.45) is 0 Å². The molecule has 0 unspecified atom stereocenters. The van der Waals surface area contributed by atoms with Crippen molar-refractivity contribution in [3.63, 3.8) is 0 Å². The van der Waals surface area contributed by atoms with Crippen LogP contribution < -0.4 is 0 Å². The molecule has 0 amide bonds. The zero-order valence-electron chi connectivity index (χ0n) is 8.41. The monoisotopic (exact) mass is 316 g/mol. The summed E-state index contributed by atoms with van der Waals surface area (Å²) in [5.41, 5.74) is -2.84. The van der Waals surface area contributed by atoms with Crippen molar-refractivity contribution in [2.75, 3.05) is 0 Å². The van der Waals surface area contributed by atoms with E-state index in [1.54, 1.807) is 0 Å². The van der Waals surface area contributed by atoms with Crippen LogP contribution in [0, 0.1) is 0 Å². The summed E-state index contributed by atoms with van der Waals surface area (Å²) in [6.45, 7) is 1.09. The lowest BCUT2D eigenvalue weighted by atomic mass is 10.0. The third-order valence-corrected chi connectivity index (χ3v) is 2.94. The standard InChI is InChI=1S/C10H6BrF5O/c1-4(17)5-2-3-6(10(14,15)16)7(8(5)11)9(12)13/h2-3,9H,1H3. The summed E-state index contributed by atoms with van der Waals surface area (Å²) in [7, 11) is 0. The molecule has 0 saturated carbocycles. The van der Waals surface area contributed by atoms with E-state index in [0.717, 1.165) is 13.0 Å². The first-order chi connectivity index (χ1) is 7.66. The van der Waals surface area contributed by atoms with E-state index in [0.29, 0.717) is 6.07 Å². The number of Topliss-reactive ketones (excluding diaryl/α,β-unsaturated/α-hetero) is 1. The highest BCUT2D eigenvalue weighted by Crippen LogP contribution is 2.41. The molecule has 0 atom stereocenters. The molecule has 0 aliphatic carbocycles. The maximum absolute atomic E-state index is 12.6. The summed E-state index contributed by atoms with van der Waals surface area (Å²) < 4.78 is 62.2.